The number of H-pyrrole nitrogens is 1. The highest BCUT2D eigenvalue weighted by Crippen LogP contribution is 2.07. The molecule has 0 spiro atoms. The van der Waals surface area contributed by atoms with E-state index in [9.17, 15) is 4.79 Å². The van der Waals surface area contributed by atoms with Gasteiger partial charge in [-0.05, 0) is 18.2 Å². The van der Waals surface area contributed by atoms with Crippen molar-refractivity contribution >= 4 is 10.9 Å². The van der Waals surface area contributed by atoms with Gasteiger partial charge in [-0.3, -0.25) is 4.79 Å². The normalized spacial score (nSPS) is 9.67. The molecule has 15 heavy (non-hydrogen) atoms. The van der Waals surface area contributed by atoms with E-state index in [1.54, 1.807) is 18.2 Å². The van der Waals surface area contributed by atoms with Crippen LogP contribution in [0.3, 0.4) is 0 Å². The second-order valence-corrected chi connectivity index (χ2v) is 2.97. The average Bonchev–Trinajstić information content (AvgIpc) is 2.26. The summed E-state index contributed by atoms with van der Waals surface area (Å²) in [4.78, 5) is 17.9. The molecular weight excluding hydrogens is 190 g/mol. The molecule has 4 nitrogen and oxygen atoms in total. The van der Waals surface area contributed by atoms with Gasteiger partial charge in [0.15, 0.2) is 0 Å². The van der Waals surface area contributed by atoms with Gasteiger partial charge in [0.25, 0.3) is 5.56 Å². The summed E-state index contributed by atoms with van der Waals surface area (Å²) in [7, 11) is 0. The number of aromatic amines is 1. The summed E-state index contributed by atoms with van der Waals surface area (Å²) >= 11 is 0. The van der Waals surface area contributed by atoms with E-state index in [1.807, 2.05) is 0 Å². The highest BCUT2D eigenvalue weighted by Gasteiger charge is 1.98. The van der Waals surface area contributed by atoms with E-state index in [0.717, 1.165) is 5.56 Å². The summed E-state index contributed by atoms with van der Waals surface area (Å²) in [6.07, 6.45) is 1.38. The molecule has 0 saturated heterocycles. The SMILES string of the molecule is NCC#Cc1ccc2c(=O)[nH]cnc2c1. The Labute approximate surface area is 86.1 Å². The molecular formula is C11H9N3O. The van der Waals surface area contributed by atoms with Crippen molar-refractivity contribution in [1.29, 1.82) is 0 Å². The molecule has 74 valence electrons. The van der Waals surface area contributed by atoms with Gasteiger partial charge in [-0.25, -0.2) is 4.98 Å². The van der Waals surface area contributed by atoms with Crippen molar-refractivity contribution in [1.82, 2.24) is 9.97 Å². The number of rotatable bonds is 0. The molecule has 0 bridgehead atoms. The third-order valence-electron chi connectivity index (χ3n) is 1.98. The topological polar surface area (TPSA) is 71.8 Å². The van der Waals surface area contributed by atoms with Crippen LogP contribution in [0.2, 0.25) is 0 Å². The molecule has 0 aliphatic heterocycles. The number of nitrogens with one attached hydrogen (secondary N) is 1. The lowest BCUT2D eigenvalue weighted by Gasteiger charge is -1.95. The van der Waals surface area contributed by atoms with E-state index >= 15 is 0 Å². The maximum Gasteiger partial charge on any atom is 0.258 e. The number of hydrogen-bond donors (Lipinski definition) is 2. The first-order valence-corrected chi connectivity index (χ1v) is 4.47. The van der Waals surface area contributed by atoms with Crippen LogP contribution < -0.4 is 11.3 Å². The first-order chi connectivity index (χ1) is 7.31. The Morgan fingerprint density at radius 1 is 1.47 bits per heavy atom. The van der Waals surface area contributed by atoms with Crippen LogP contribution in [0.15, 0.2) is 29.3 Å². The fourth-order valence-electron chi connectivity index (χ4n) is 1.30. The fraction of sp³-hybridized carbons (Fsp3) is 0.0909. The molecule has 1 aromatic heterocycles. The summed E-state index contributed by atoms with van der Waals surface area (Å²) in [5.41, 5.74) is 6.58. The molecule has 0 aliphatic rings. The molecule has 1 aromatic carbocycles. The van der Waals surface area contributed by atoms with Crippen LogP contribution in [0, 0.1) is 11.8 Å². The molecule has 2 aromatic rings. The quantitative estimate of drug-likeness (QED) is 0.597. The summed E-state index contributed by atoms with van der Waals surface area (Å²) in [5.74, 6) is 5.64. The Morgan fingerprint density at radius 2 is 2.33 bits per heavy atom. The van der Waals surface area contributed by atoms with Crippen LogP contribution in [0.1, 0.15) is 5.56 Å². The maximum absolute atomic E-state index is 11.4. The van der Waals surface area contributed by atoms with E-state index in [4.69, 9.17) is 5.73 Å². The van der Waals surface area contributed by atoms with Crippen LogP contribution in [-0.4, -0.2) is 16.5 Å². The number of fused-ring (bicyclic) bond motifs is 1. The first-order valence-electron chi connectivity index (χ1n) is 4.47. The minimum Gasteiger partial charge on any atom is -0.320 e. The van der Waals surface area contributed by atoms with Crippen LogP contribution in [0.4, 0.5) is 0 Å². The van der Waals surface area contributed by atoms with E-state index in [2.05, 4.69) is 21.8 Å². The Hall–Kier alpha value is -2.12. The van der Waals surface area contributed by atoms with Gasteiger partial charge in [-0.15, -0.1) is 0 Å². The summed E-state index contributed by atoms with van der Waals surface area (Å²) in [6.45, 7) is 0.320. The highest BCUT2D eigenvalue weighted by molar-refractivity contribution is 5.78. The molecule has 0 aliphatic carbocycles. The lowest BCUT2D eigenvalue weighted by molar-refractivity contribution is 1.17. The molecule has 2 rings (SSSR count). The molecule has 1 heterocycles. The van der Waals surface area contributed by atoms with Crippen molar-refractivity contribution in [2.75, 3.05) is 6.54 Å². The van der Waals surface area contributed by atoms with E-state index in [-0.39, 0.29) is 5.56 Å². The van der Waals surface area contributed by atoms with Crippen molar-refractivity contribution in [3.8, 4) is 11.8 Å². The highest BCUT2D eigenvalue weighted by atomic mass is 16.1. The van der Waals surface area contributed by atoms with E-state index < -0.39 is 0 Å². The Balaban J connectivity index is 2.62. The molecule has 0 amide bonds. The minimum absolute atomic E-state index is 0.140. The smallest absolute Gasteiger partial charge is 0.258 e. The number of benzene rings is 1. The monoisotopic (exact) mass is 199 g/mol. The van der Waals surface area contributed by atoms with Gasteiger partial charge in [0.05, 0.1) is 23.8 Å². The van der Waals surface area contributed by atoms with Gasteiger partial charge in [-0.2, -0.15) is 0 Å². The molecule has 0 atom stereocenters. The lowest BCUT2D eigenvalue weighted by Crippen LogP contribution is -2.05. The maximum atomic E-state index is 11.4. The summed E-state index contributed by atoms with van der Waals surface area (Å²) < 4.78 is 0. The summed E-state index contributed by atoms with van der Waals surface area (Å²) in [5, 5.41) is 0.566. The van der Waals surface area contributed by atoms with Gasteiger partial charge >= 0.3 is 0 Å². The largest absolute Gasteiger partial charge is 0.320 e. The second-order valence-electron chi connectivity index (χ2n) is 2.97. The second kappa shape index (κ2) is 3.95. The van der Waals surface area contributed by atoms with Gasteiger partial charge in [0, 0.05) is 5.56 Å². The predicted molar refractivity (Wildman–Crippen MR) is 58.3 cm³/mol. The molecule has 0 saturated carbocycles. The average molecular weight is 199 g/mol. The fourth-order valence-corrected chi connectivity index (χ4v) is 1.30. The molecule has 3 N–H and O–H groups in total. The first kappa shape index (κ1) is 9.44. The van der Waals surface area contributed by atoms with Gasteiger partial charge in [-0.1, -0.05) is 11.8 Å². The number of hydrogen-bond acceptors (Lipinski definition) is 3. The minimum atomic E-state index is -0.140. The number of nitrogens with two attached hydrogens (primary N) is 1. The lowest BCUT2D eigenvalue weighted by atomic mass is 10.1. The number of aromatic nitrogens is 2. The van der Waals surface area contributed by atoms with Crippen LogP contribution in [-0.2, 0) is 0 Å². The Morgan fingerprint density at radius 3 is 3.13 bits per heavy atom. The van der Waals surface area contributed by atoms with Crippen LogP contribution in [0.5, 0.6) is 0 Å². The molecule has 4 heteroatoms. The molecule has 0 fully saturated rings. The zero-order valence-corrected chi connectivity index (χ0v) is 7.95. The zero-order valence-electron chi connectivity index (χ0n) is 7.95. The van der Waals surface area contributed by atoms with Crippen LogP contribution in [0.25, 0.3) is 10.9 Å². The Bertz CT molecular complexity index is 604. The zero-order chi connectivity index (χ0) is 10.7. The predicted octanol–water partition coefficient (Wildman–Crippen LogP) is 0.233. The molecule has 0 unspecified atom stereocenters. The van der Waals surface area contributed by atoms with Crippen molar-refractivity contribution in [3.05, 3.63) is 40.4 Å². The Kier molecular flexibility index (Phi) is 2.48. The third kappa shape index (κ3) is 1.87. The van der Waals surface area contributed by atoms with Crippen molar-refractivity contribution in [3.63, 3.8) is 0 Å². The van der Waals surface area contributed by atoms with Gasteiger partial charge in [0.1, 0.15) is 0 Å². The van der Waals surface area contributed by atoms with E-state index in [0.29, 0.717) is 17.4 Å². The van der Waals surface area contributed by atoms with Crippen molar-refractivity contribution in [2.45, 2.75) is 0 Å². The van der Waals surface area contributed by atoms with E-state index in [1.165, 1.54) is 6.33 Å². The van der Waals surface area contributed by atoms with Gasteiger partial charge < -0.3 is 10.7 Å². The van der Waals surface area contributed by atoms with Gasteiger partial charge in [0.2, 0.25) is 0 Å². The summed E-state index contributed by atoms with van der Waals surface area (Å²) in [6, 6.07) is 5.26. The van der Waals surface area contributed by atoms with Crippen molar-refractivity contribution < 1.29 is 0 Å². The third-order valence-corrected chi connectivity index (χ3v) is 1.98. The number of nitrogens with zero attached hydrogens (tertiary/aromatic N) is 1. The van der Waals surface area contributed by atoms with Crippen LogP contribution >= 0.6 is 0 Å². The van der Waals surface area contributed by atoms with Crippen molar-refractivity contribution in [2.24, 2.45) is 5.73 Å². The molecule has 0 radical (unpaired) electrons. The standard InChI is InChI=1S/C11H9N3O/c12-5-1-2-8-3-4-9-10(6-8)13-7-14-11(9)15/h3-4,6-7H,5,12H2,(H,13,14,15).